The molecule has 0 aliphatic carbocycles. The number of ether oxygens (including phenoxy) is 1. The fraction of sp³-hybridized carbons (Fsp3) is 0.519. The van der Waals surface area contributed by atoms with Crippen LogP contribution in [0.1, 0.15) is 36.8 Å². The van der Waals surface area contributed by atoms with Crippen LogP contribution in [0.4, 0.5) is 5.82 Å². The quantitative estimate of drug-likeness (QED) is 0.314. The Balaban J connectivity index is 1.66. The predicted molar refractivity (Wildman–Crippen MR) is 149 cm³/mol. The number of aryl methyl sites for hydroxylation is 2. The zero-order chi connectivity index (χ0) is 26.4. The molecular weight excluding hydrogens is 488 g/mol. The van der Waals surface area contributed by atoms with Crippen LogP contribution in [0.3, 0.4) is 0 Å². The molecule has 4 rings (SSSR count). The molecule has 3 N–H and O–H groups in total. The van der Waals surface area contributed by atoms with Gasteiger partial charge in [-0.15, -0.1) is 0 Å². The summed E-state index contributed by atoms with van der Waals surface area (Å²) in [6.07, 6.45) is 1.53. The standard InChI is InChI=1S/C27H38N6O3S/c1-6-37-33-12-10-21(11-13-33)29-26-17(2)25(24-18(3)32-36-19(24)4)30-27(31-26)20-8-7-9-23(14-20)35-16-22(34)15-28-5/h7-9,14,21-22,28,34H,6,10-13,15-16H2,1-5H3,(H,29,30,31). The highest BCUT2D eigenvalue weighted by atomic mass is 32.2. The minimum Gasteiger partial charge on any atom is -0.491 e. The van der Waals surface area contributed by atoms with Gasteiger partial charge in [0.15, 0.2) is 5.82 Å². The van der Waals surface area contributed by atoms with E-state index in [1.54, 1.807) is 7.05 Å². The third kappa shape index (κ3) is 6.81. The van der Waals surface area contributed by atoms with Gasteiger partial charge in [0.25, 0.3) is 0 Å². The molecule has 9 nitrogen and oxygen atoms in total. The number of nitrogens with one attached hydrogen (secondary N) is 2. The van der Waals surface area contributed by atoms with Gasteiger partial charge in [0.05, 0.1) is 17.0 Å². The van der Waals surface area contributed by atoms with Gasteiger partial charge in [0.2, 0.25) is 0 Å². The summed E-state index contributed by atoms with van der Waals surface area (Å²) in [6, 6.07) is 8.03. The molecule has 1 aliphatic rings. The molecule has 0 radical (unpaired) electrons. The van der Waals surface area contributed by atoms with Crippen molar-refractivity contribution in [1.82, 2.24) is 24.7 Å². The number of aliphatic hydroxyl groups is 1. The maximum atomic E-state index is 10.0. The Kier molecular flexibility index (Phi) is 9.42. The number of hydrogen-bond acceptors (Lipinski definition) is 10. The van der Waals surface area contributed by atoms with E-state index < -0.39 is 6.10 Å². The minimum atomic E-state index is -0.589. The van der Waals surface area contributed by atoms with Crippen molar-refractivity contribution in [1.29, 1.82) is 0 Å². The number of piperidine rings is 1. The van der Waals surface area contributed by atoms with Crippen molar-refractivity contribution in [2.75, 3.05) is 44.4 Å². The summed E-state index contributed by atoms with van der Waals surface area (Å²) < 4.78 is 13.8. The second-order valence-corrected chi connectivity index (χ2v) is 10.7. The third-order valence-corrected chi connectivity index (χ3v) is 7.49. The van der Waals surface area contributed by atoms with Gasteiger partial charge in [-0.25, -0.2) is 9.97 Å². The number of anilines is 1. The fourth-order valence-corrected chi connectivity index (χ4v) is 5.40. The Bertz CT molecular complexity index is 1160. The van der Waals surface area contributed by atoms with E-state index >= 15 is 0 Å². The number of nitrogens with zero attached hydrogens (tertiary/aromatic N) is 4. The van der Waals surface area contributed by atoms with Crippen molar-refractivity contribution in [2.24, 2.45) is 0 Å². The fourth-order valence-electron chi connectivity index (χ4n) is 4.57. The van der Waals surface area contributed by atoms with Crippen LogP contribution in [0.2, 0.25) is 0 Å². The van der Waals surface area contributed by atoms with E-state index in [1.165, 1.54) is 0 Å². The van der Waals surface area contributed by atoms with Gasteiger partial charge >= 0.3 is 0 Å². The van der Waals surface area contributed by atoms with Crippen LogP contribution < -0.4 is 15.4 Å². The molecule has 0 spiro atoms. The molecule has 3 aromatic rings. The third-order valence-electron chi connectivity index (χ3n) is 6.50. The first-order valence-electron chi connectivity index (χ1n) is 12.9. The number of benzene rings is 1. The molecule has 0 amide bonds. The van der Waals surface area contributed by atoms with E-state index in [1.807, 2.05) is 50.1 Å². The second kappa shape index (κ2) is 12.7. The zero-order valence-corrected chi connectivity index (χ0v) is 23.2. The van der Waals surface area contributed by atoms with Crippen LogP contribution >= 0.6 is 11.9 Å². The molecule has 3 heterocycles. The van der Waals surface area contributed by atoms with Crippen LogP contribution in [0.15, 0.2) is 28.8 Å². The van der Waals surface area contributed by atoms with Crippen LogP contribution in [0, 0.1) is 20.8 Å². The molecule has 1 unspecified atom stereocenters. The number of aliphatic hydroxyl groups excluding tert-OH is 1. The van der Waals surface area contributed by atoms with E-state index in [0.717, 1.165) is 71.3 Å². The van der Waals surface area contributed by atoms with E-state index in [9.17, 15) is 5.11 Å². The van der Waals surface area contributed by atoms with E-state index in [-0.39, 0.29) is 6.61 Å². The van der Waals surface area contributed by atoms with Crippen molar-refractivity contribution >= 4 is 17.8 Å². The van der Waals surface area contributed by atoms with Gasteiger partial charge in [0.1, 0.15) is 30.0 Å². The van der Waals surface area contributed by atoms with Gasteiger partial charge in [-0.1, -0.05) is 36.2 Å². The van der Waals surface area contributed by atoms with Gasteiger partial charge < -0.3 is 25.0 Å². The average Bonchev–Trinajstić information content (AvgIpc) is 3.23. The summed E-state index contributed by atoms with van der Waals surface area (Å²) in [5.74, 6) is 3.92. The largest absolute Gasteiger partial charge is 0.491 e. The van der Waals surface area contributed by atoms with Gasteiger partial charge in [-0.3, -0.25) is 4.31 Å². The summed E-state index contributed by atoms with van der Waals surface area (Å²) in [4.78, 5) is 9.97. The Morgan fingerprint density at radius 1 is 1.22 bits per heavy atom. The Morgan fingerprint density at radius 2 is 2.00 bits per heavy atom. The molecule has 1 atom stereocenters. The lowest BCUT2D eigenvalue weighted by Crippen LogP contribution is -2.36. The second-order valence-electron chi connectivity index (χ2n) is 9.38. The van der Waals surface area contributed by atoms with E-state index in [2.05, 4.69) is 33.9 Å². The Labute approximate surface area is 223 Å². The SMILES string of the molecule is CCSN1CCC(Nc2nc(-c3cccc(OCC(O)CNC)c3)nc(-c3c(C)noc3C)c2C)CC1. The molecule has 0 saturated carbocycles. The van der Waals surface area contributed by atoms with Gasteiger partial charge in [-0.2, -0.15) is 0 Å². The molecular formula is C27H38N6O3S. The summed E-state index contributed by atoms with van der Waals surface area (Å²) >= 11 is 1.91. The molecule has 1 saturated heterocycles. The van der Waals surface area contributed by atoms with E-state index in [0.29, 0.717) is 24.2 Å². The highest BCUT2D eigenvalue weighted by molar-refractivity contribution is 7.96. The first kappa shape index (κ1) is 27.4. The summed E-state index contributed by atoms with van der Waals surface area (Å²) in [5.41, 5.74) is 4.34. The number of hydrogen-bond donors (Lipinski definition) is 3. The first-order chi connectivity index (χ1) is 17.9. The predicted octanol–water partition coefficient (Wildman–Crippen LogP) is 4.23. The van der Waals surface area contributed by atoms with Crippen LogP contribution in [0.5, 0.6) is 5.75 Å². The Hall–Kier alpha value is -2.66. The topological polar surface area (TPSA) is 109 Å². The minimum absolute atomic E-state index is 0.200. The van der Waals surface area contributed by atoms with Crippen LogP contribution in [0.25, 0.3) is 22.6 Å². The molecule has 1 aromatic carbocycles. The Morgan fingerprint density at radius 3 is 2.68 bits per heavy atom. The first-order valence-corrected chi connectivity index (χ1v) is 13.9. The van der Waals surface area contributed by atoms with Gasteiger partial charge in [0, 0.05) is 42.6 Å². The lowest BCUT2D eigenvalue weighted by molar-refractivity contribution is 0.108. The summed E-state index contributed by atoms with van der Waals surface area (Å²) in [7, 11) is 1.80. The average molecular weight is 527 g/mol. The molecule has 0 bridgehead atoms. The lowest BCUT2D eigenvalue weighted by Gasteiger charge is -2.32. The smallest absolute Gasteiger partial charge is 0.162 e. The number of rotatable bonds is 11. The van der Waals surface area contributed by atoms with E-state index in [4.69, 9.17) is 19.2 Å². The molecule has 200 valence electrons. The van der Waals surface area contributed by atoms with Crippen LogP contribution in [-0.2, 0) is 0 Å². The maximum Gasteiger partial charge on any atom is 0.162 e. The van der Waals surface area contributed by atoms with Gasteiger partial charge in [-0.05, 0) is 52.8 Å². The highest BCUT2D eigenvalue weighted by Crippen LogP contribution is 2.34. The molecule has 1 fully saturated rings. The number of aromatic nitrogens is 3. The lowest BCUT2D eigenvalue weighted by atomic mass is 10.0. The highest BCUT2D eigenvalue weighted by Gasteiger charge is 2.24. The van der Waals surface area contributed by atoms with Crippen molar-refractivity contribution in [3.63, 3.8) is 0 Å². The maximum absolute atomic E-state index is 10.0. The normalized spacial score (nSPS) is 15.6. The summed E-state index contributed by atoms with van der Waals surface area (Å²) in [5, 5.41) is 20.9. The van der Waals surface area contributed by atoms with Crippen LogP contribution in [-0.4, -0.2) is 75.7 Å². The monoisotopic (exact) mass is 526 g/mol. The summed E-state index contributed by atoms with van der Waals surface area (Å²) in [6.45, 7) is 10.9. The molecule has 37 heavy (non-hydrogen) atoms. The van der Waals surface area contributed by atoms with Crippen molar-refractivity contribution in [2.45, 2.75) is 52.7 Å². The number of likely N-dealkylation sites (N-methyl/N-ethyl adjacent to an activating group) is 1. The zero-order valence-electron chi connectivity index (χ0n) is 22.4. The van der Waals surface area contributed by atoms with Crippen molar-refractivity contribution in [3.8, 4) is 28.4 Å². The molecule has 1 aliphatic heterocycles. The molecule has 2 aromatic heterocycles. The van der Waals surface area contributed by atoms with Crippen molar-refractivity contribution in [3.05, 3.63) is 41.3 Å². The molecule has 10 heteroatoms. The van der Waals surface area contributed by atoms with Crippen molar-refractivity contribution < 1.29 is 14.4 Å².